The van der Waals surface area contributed by atoms with Gasteiger partial charge in [-0.1, -0.05) is 0 Å². The summed E-state index contributed by atoms with van der Waals surface area (Å²) in [5.41, 5.74) is 3.47. The van der Waals surface area contributed by atoms with E-state index in [9.17, 15) is 4.79 Å². The van der Waals surface area contributed by atoms with Crippen LogP contribution in [0.3, 0.4) is 0 Å². The Labute approximate surface area is 142 Å². The van der Waals surface area contributed by atoms with Crippen molar-refractivity contribution < 1.29 is 9.15 Å². The number of fused-ring (bicyclic) bond motifs is 5. The van der Waals surface area contributed by atoms with Crippen LogP contribution in [-0.4, -0.2) is 11.7 Å². The van der Waals surface area contributed by atoms with Crippen LogP contribution in [0.1, 0.15) is 29.5 Å². The molecule has 2 aromatic heterocycles. The summed E-state index contributed by atoms with van der Waals surface area (Å²) >= 11 is 1.58. The zero-order valence-electron chi connectivity index (χ0n) is 13.1. The highest BCUT2D eigenvalue weighted by Gasteiger charge is 2.26. The molecular weight excluding hydrogens is 324 g/mol. The van der Waals surface area contributed by atoms with Gasteiger partial charge in [-0.05, 0) is 43.4 Å². The molecule has 0 amide bonds. The second-order valence-corrected chi connectivity index (χ2v) is 7.13. The van der Waals surface area contributed by atoms with Gasteiger partial charge in [-0.3, -0.25) is 0 Å². The molecule has 3 aromatic rings. The molecule has 1 aliphatic carbocycles. The monoisotopic (exact) mass is 340 g/mol. The first kappa shape index (κ1) is 14.0. The van der Waals surface area contributed by atoms with Crippen LogP contribution in [0.15, 0.2) is 32.9 Å². The molecule has 0 saturated heterocycles. The smallest absolute Gasteiger partial charge is 0.339 e. The van der Waals surface area contributed by atoms with Gasteiger partial charge in [0, 0.05) is 22.5 Å². The van der Waals surface area contributed by atoms with E-state index in [2.05, 4.69) is 9.88 Å². The third kappa shape index (κ3) is 2.06. The molecule has 2 aliphatic rings. The highest BCUT2D eigenvalue weighted by atomic mass is 32.1. The maximum Gasteiger partial charge on any atom is 0.339 e. The molecule has 5 rings (SSSR count). The molecule has 1 aromatic carbocycles. The first-order valence-corrected chi connectivity index (χ1v) is 9.07. The molecule has 0 spiro atoms. The molecule has 0 bridgehead atoms. The Morgan fingerprint density at radius 1 is 1.12 bits per heavy atom. The topological polar surface area (TPSA) is 55.6 Å². The lowest BCUT2D eigenvalue weighted by Gasteiger charge is -2.29. The van der Waals surface area contributed by atoms with E-state index in [-0.39, 0.29) is 5.63 Å². The van der Waals surface area contributed by atoms with Crippen molar-refractivity contribution in [1.82, 2.24) is 4.98 Å². The molecule has 0 saturated carbocycles. The van der Waals surface area contributed by atoms with Gasteiger partial charge in [0.05, 0.1) is 12.1 Å². The van der Waals surface area contributed by atoms with Crippen molar-refractivity contribution in [2.24, 2.45) is 0 Å². The number of nitrogens with zero attached hydrogens (tertiary/aromatic N) is 2. The van der Waals surface area contributed by atoms with E-state index in [4.69, 9.17) is 9.15 Å². The van der Waals surface area contributed by atoms with Crippen LogP contribution in [-0.2, 0) is 19.4 Å². The van der Waals surface area contributed by atoms with Gasteiger partial charge in [-0.2, -0.15) is 0 Å². The number of hydrogen-bond donors (Lipinski definition) is 0. The predicted octanol–water partition coefficient (Wildman–Crippen LogP) is 3.48. The summed E-state index contributed by atoms with van der Waals surface area (Å²) in [5.74, 6) is 0.800. The van der Waals surface area contributed by atoms with Crippen molar-refractivity contribution >= 4 is 27.4 Å². The Kier molecular flexibility index (Phi) is 3.13. The average molecular weight is 340 g/mol. The van der Waals surface area contributed by atoms with Crippen LogP contribution in [0.4, 0.5) is 5.13 Å². The van der Waals surface area contributed by atoms with Crippen molar-refractivity contribution in [2.75, 3.05) is 11.6 Å². The zero-order valence-corrected chi connectivity index (χ0v) is 13.9. The Hall–Kier alpha value is -2.34. The van der Waals surface area contributed by atoms with Crippen molar-refractivity contribution in [1.29, 1.82) is 0 Å². The molecule has 6 heteroatoms. The van der Waals surface area contributed by atoms with Crippen molar-refractivity contribution in [2.45, 2.75) is 32.2 Å². The predicted molar refractivity (Wildman–Crippen MR) is 92.9 cm³/mol. The fourth-order valence-corrected chi connectivity index (χ4v) is 4.34. The standard InChI is InChI=1S/C18H16N2O3S/c21-17-13-4-2-1-3-11(13)12-5-6-15-14(16(12)23-17)9-20(10-22-15)18-19-7-8-24-18/h5-8H,1-4,9-10H2. The maximum atomic E-state index is 12.4. The maximum absolute atomic E-state index is 12.4. The summed E-state index contributed by atoms with van der Waals surface area (Å²) in [5, 5.41) is 3.93. The number of ether oxygens (including phenoxy) is 1. The zero-order chi connectivity index (χ0) is 16.1. The number of hydrogen-bond acceptors (Lipinski definition) is 6. The molecule has 24 heavy (non-hydrogen) atoms. The summed E-state index contributed by atoms with van der Waals surface area (Å²) < 4.78 is 11.6. The third-order valence-electron chi connectivity index (χ3n) is 4.87. The van der Waals surface area contributed by atoms with E-state index in [1.165, 1.54) is 5.56 Å². The fraction of sp³-hybridized carbons (Fsp3) is 0.333. The van der Waals surface area contributed by atoms with E-state index in [1.54, 1.807) is 17.5 Å². The van der Waals surface area contributed by atoms with Crippen LogP contribution < -0.4 is 15.3 Å². The van der Waals surface area contributed by atoms with Gasteiger partial charge < -0.3 is 14.1 Å². The number of benzene rings is 1. The lowest BCUT2D eigenvalue weighted by atomic mass is 9.90. The van der Waals surface area contributed by atoms with Crippen molar-refractivity contribution in [3.63, 3.8) is 0 Å². The summed E-state index contributed by atoms with van der Waals surface area (Å²) in [7, 11) is 0. The van der Waals surface area contributed by atoms with Gasteiger partial charge in [0.2, 0.25) is 0 Å². The molecule has 122 valence electrons. The van der Waals surface area contributed by atoms with E-state index >= 15 is 0 Å². The molecule has 0 radical (unpaired) electrons. The van der Waals surface area contributed by atoms with Crippen LogP contribution >= 0.6 is 11.3 Å². The van der Waals surface area contributed by atoms with Crippen LogP contribution in [0.2, 0.25) is 0 Å². The minimum Gasteiger partial charge on any atom is -0.473 e. The third-order valence-corrected chi connectivity index (χ3v) is 5.70. The van der Waals surface area contributed by atoms with E-state index in [1.807, 2.05) is 17.5 Å². The number of aromatic nitrogens is 1. The number of anilines is 1. The van der Waals surface area contributed by atoms with Crippen LogP contribution in [0.5, 0.6) is 5.75 Å². The SMILES string of the molecule is O=c1oc2c3c(ccc2c2c1CCCC2)OCN(c1nccs1)C3. The number of aryl methyl sites for hydroxylation is 1. The van der Waals surface area contributed by atoms with Crippen molar-refractivity contribution in [3.05, 3.63) is 50.8 Å². The molecule has 0 fully saturated rings. The van der Waals surface area contributed by atoms with E-state index in [0.717, 1.165) is 53.1 Å². The fourth-order valence-electron chi connectivity index (χ4n) is 3.71. The Bertz CT molecular complexity index is 978. The number of thiazole rings is 1. The number of rotatable bonds is 1. The minimum absolute atomic E-state index is 0.183. The summed E-state index contributed by atoms with van der Waals surface area (Å²) in [6, 6.07) is 4.05. The van der Waals surface area contributed by atoms with Gasteiger partial charge in [-0.25, -0.2) is 9.78 Å². The molecule has 1 aliphatic heterocycles. The van der Waals surface area contributed by atoms with Gasteiger partial charge in [0.15, 0.2) is 11.9 Å². The lowest BCUT2D eigenvalue weighted by molar-refractivity contribution is 0.289. The highest BCUT2D eigenvalue weighted by molar-refractivity contribution is 7.13. The summed E-state index contributed by atoms with van der Waals surface area (Å²) in [4.78, 5) is 18.9. The molecule has 0 unspecified atom stereocenters. The summed E-state index contributed by atoms with van der Waals surface area (Å²) in [6.45, 7) is 1.10. The Morgan fingerprint density at radius 2 is 2.00 bits per heavy atom. The van der Waals surface area contributed by atoms with Crippen LogP contribution in [0.25, 0.3) is 11.0 Å². The first-order chi connectivity index (χ1) is 11.8. The van der Waals surface area contributed by atoms with Gasteiger partial charge in [0.25, 0.3) is 0 Å². The Morgan fingerprint density at radius 3 is 2.83 bits per heavy atom. The van der Waals surface area contributed by atoms with Gasteiger partial charge >= 0.3 is 5.63 Å². The van der Waals surface area contributed by atoms with E-state index < -0.39 is 0 Å². The minimum atomic E-state index is -0.183. The highest BCUT2D eigenvalue weighted by Crippen LogP contribution is 2.36. The van der Waals surface area contributed by atoms with Gasteiger partial charge in [0.1, 0.15) is 11.3 Å². The molecule has 0 N–H and O–H groups in total. The van der Waals surface area contributed by atoms with Crippen molar-refractivity contribution in [3.8, 4) is 5.75 Å². The first-order valence-electron chi connectivity index (χ1n) is 8.19. The Balaban J connectivity index is 1.70. The van der Waals surface area contributed by atoms with Crippen LogP contribution in [0, 0.1) is 0 Å². The molecular formula is C18H16N2O3S. The molecule has 3 heterocycles. The molecule has 0 atom stereocenters. The average Bonchev–Trinajstić information content (AvgIpc) is 3.16. The quantitative estimate of drug-likeness (QED) is 0.635. The summed E-state index contributed by atoms with van der Waals surface area (Å²) in [6.07, 6.45) is 5.76. The second-order valence-electron chi connectivity index (χ2n) is 6.26. The molecule has 5 nitrogen and oxygen atoms in total. The second kappa shape index (κ2) is 5.34. The lowest BCUT2D eigenvalue weighted by Crippen LogP contribution is -2.32. The van der Waals surface area contributed by atoms with E-state index in [0.29, 0.717) is 18.9 Å². The normalized spacial score (nSPS) is 16.6. The largest absolute Gasteiger partial charge is 0.473 e. The van der Waals surface area contributed by atoms with Gasteiger partial charge in [-0.15, -0.1) is 11.3 Å².